The fraction of sp³-hybridized carbons (Fsp3) is 0.242. The van der Waals surface area contributed by atoms with E-state index in [4.69, 9.17) is 8.94 Å². The fourth-order valence-corrected chi connectivity index (χ4v) is 5.67. The van der Waals surface area contributed by atoms with Gasteiger partial charge in [0.2, 0.25) is 5.91 Å². The molecule has 42 heavy (non-hydrogen) atoms. The zero-order chi connectivity index (χ0) is 29.4. The molecule has 214 valence electrons. The summed E-state index contributed by atoms with van der Waals surface area (Å²) in [5.74, 6) is 1.35. The van der Waals surface area contributed by atoms with Crippen molar-refractivity contribution in [1.82, 2.24) is 26.1 Å². The normalized spacial score (nSPS) is 14.5. The van der Waals surface area contributed by atoms with Crippen molar-refractivity contribution >= 4 is 23.2 Å². The van der Waals surface area contributed by atoms with Gasteiger partial charge >= 0.3 is 0 Å². The van der Waals surface area contributed by atoms with Crippen molar-refractivity contribution < 1.29 is 13.7 Å². The molecule has 0 saturated heterocycles. The molecule has 0 bridgehead atoms. The number of aryl methyl sites for hydroxylation is 4. The summed E-state index contributed by atoms with van der Waals surface area (Å²) in [6.45, 7) is 7.97. The van der Waals surface area contributed by atoms with Crippen molar-refractivity contribution in [2.75, 3.05) is 7.05 Å². The Morgan fingerprint density at radius 1 is 1.00 bits per heavy atom. The molecule has 0 aliphatic carbocycles. The molecule has 0 saturated carbocycles. The molecule has 0 radical (unpaired) electrons. The van der Waals surface area contributed by atoms with Gasteiger partial charge in [0.1, 0.15) is 29.5 Å². The van der Waals surface area contributed by atoms with Crippen molar-refractivity contribution in [3.8, 4) is 0 Å². The van der Waals surface area contributed by atoms with E-state index in [1.807, 2.05) is 68.4 Å². The van der Waals surface area contributed by atoms with Crippen LogP contribution in [0, 0.1) is 27.7 Å². The lowest BCUT2D eigenvalue weighted by atomic mass is 9.93. The van der Waals surface area contributed by atoms with Crippen molar-refractivity contribution in [1.29, 1.82) is 0 Å². The van der Waals surface area contributed by atoms with Gasteiger partial charge in [0.05, 0.1) is 18.2 Å². The minimum absolute atomic E-state index is 0.0546. The molecule has 5 aromatic rings. The molecule has 0 fully saturated rings. The first kappa shape index (κ1) is 27.3. The second-order valence-electron chi connectivity index (χ2n) is 10.9. The van der Waals surface area contributed by atoms with E-state index in [1.54, 1.807) is 11.5 Å². The average molecular weight is 563 g/mol. The van der Waals surface area contributed by atoms with E-state index in [9.17, 15) is 4.79 Å². The summed E-state index contributed by atoms with van der Waals surface area (Å²) < 4.78 is 11.8. The lowest BCUT2D eigenvalue weighted by Gasteiger charge is -2.25. The molecule has 2 atom stereocenters. The summed E-state index contributed by atoms with van der Waals surface area (Å²) in [6, 6.07) is 23.7. The van der Waals surface area contributed by atoms with E-state index >= 15 is 0 Å². The number of nitrogens with zero attached hydrogens (tertiary/aromatic N) is 4. The smallest absolute Gasteiger partial charge is 0.225 e. The first-order chi connectivity index (χ1) is 20.3. The lowest BCUT2D eigenvalue weighted by molar-refractivity contribution is -0.120. The Labute approximate surface area is 244 Å². The monoisotopic (exact) mass is 562 g/mol. The maximum absolute atomic E-state index is 13.4. The molecule has 1 aliphatic heterocycles. The fourth-order valence-electron chi connectivity index (χ4n) is 5.67. The van der Waals surface area contributed by atoms with Gasteiger partial charge in [-0.05, 0) is 68.1 Å². The van der Waals surface area contributed by atoms with Gasteiger partial charge in [0.25, 0.3) is 0 Å². The van der Waals surface area contributed by atoms with Crippen LogP contribution in [0.5, 0.6) is 0 Å². The van der Waals surface area contributed by atoms with Gasteiger partial charge < -0.3 is 14.3 Å². The van der Waals surface area contributed by atoms with Crippen LogP contribution in [0.2, 0.25) is 0 Å². The summed E-state index contributed by atoms with van der Waals surface area (Å²) in [4.78, 5) is 13.4. The van der Waals surface area contributed by atoms with E-state index < -0.39 is 0 Å². The number of aromatic nitrogens is 1. The number of carbonyl (C=O) groups is 1. The highest BCUT2D eigenvalue weighted by Gasteiger charge is 2.32. The third-order valence-corrected chi connectivity index (χ3v) is 7.66. The number of furan rings is 1. The standard InChI is InChI=1S/C33H34N6O3/c1-20-11-13-27(21(2)15-20)32(25-9-7-6-8-10-25)35-30(40)17-24-12-14-28-26(16-24)18-29(41-28)33(39-19-34-38(5)37-39)31-22(3)36-42-23(31)4/h6-16,18-19,32-33,37H,17H2,1-5H3,(H,35,40). The van der Waals surface area contributed by atoms with Crippen LogP contribution >= 0.6 is 0 Å². The number of amides is 1. The van der Waals surface area contributed by atoms with Crippen LogP contribution in [-0.2, 0) is 11.2 Å². The Morgan fingerprint density at radius 2 is 1.81 bits per heavy atom. The zero-order valence-electron chi connectivity index (χ0n) is 24.4. The van der Waals surface area contributed by atoms with Gasteiger partial charge in [-0.2, -0.15) is 0 Å². The Hall–Kier alpha value is -4.89. The highest BCUT2D eigenvalue weighted by Crippen LogP contribution is 2.36. The SMILES string of the molecule is Cc1ccc(C(NC(=O)Cc2ccc3oc(C(c4c(C)noc4C)N4C=NN(C)N4)cc3c2)c2ccccc2)c(C)c1. The molecule has 3 heterocycles. The Balaban J connectivity index is 1.27. The number of benzene rings is 3. The highest BCUT2D eigenvalue weighted by molar-refractivity contribution is 5.83. The molecule has 9 nitrogen and oxygen atoms in total. The second-order valence-corrected chi connectivity index (χ2v) is 10.9. The predicted octanol–water partition coefficient (Wildman–Crippen LogP) is 5.80. The molecule has 0 spiro atoms. The Kier molecular flexibility index (Phi) is 7.26. The largest absolute Gasteiger partial charge is 0.458 e. The van der Waals surface area contributed by atoms with Crippen LogP contribution in [0.15, 0.2) is 86.8 Å². The van der Waals surface area contributed by atoms with E-state index in [2.05, 4.69) is 65.3 Å². The van der Waals surface area contributed by atoms with Crippen LogP contribution in [0.25, 0.3) is 11.0 Å². The van der Waals surface area contributed by atoms with Crippen molar-refractivity contribution in [2.45, 2.75) is 46.2 Å². The molecule has 6 rings (SSSR count). The number of fused-ring (bicyclic) bond motifs is 1. The summed E-state index contributed by atoms with van der Waals surface area (Å²) in [6.07, 6.45) is 1.95. The first-order valence-electron chi connectivity index (χ1n) is 14.0. The molecule has 3 aromatic carbocycles. The molecule has 1 amide bonds. The molecule has 2 aromatic heterocycles. The summed E-state index contributed by atoms with van der Waals surface area (Å²) in [5.41, 5.74) is 11.0. The van der Waals surface area contributed by atoms with Gasteiger partial charge in [-0.15, -0.1) is 10.6 Å². The number of hydrazone groups is 1. The maximum Gasteiger partial charge on any atom is 0.225 e. The average Bonchev–Trinajstić information content (AvgIpc) is 3.67. The third-order valence-electron chi connectivity index (χ3n) is 7.66. The van der Waals surface area contributed by atoms with E-state index in [0.717, 1.165) is 44.5 Å². The van der Waals surface area contributed by atoms with E-state index in [-0.39, 0.29) is 24.4 Å². The highest BCUT2D eigenvalue weighted by atomic mass is 16.5. The van der Waals surface area contributed by atoms with Crippen LogP contribution in [0.3, 0.4) is 0 Å². The topological polar surface area (TPSA) is 99.1 Å². The molecule has 9 heteroatoms. The van der Waals surface area contributed by atoms with E-state index in [0.29, 0.717) is 11.5 Å². The van der Waals surface area contributed by atoms with Gasteiger partial charge in [-0.25, -0.2) is 5.12 Å². The Bertz CT molecular complexity index is 1750. The van der Waals surface area contributed by atoms with Gasteiger partial charge in [0, 0.05) is 18.0 Å². The number of hydrogen-bond donors (Lipinski definition) is 2. The zero-order valence-corrected chi connectivity index (χ0v) is 24.4. The van der Waals surface area contributed by atoms with Crippen molar-refractivity contribution in [3.05, 3.63) is 123 Å². The number of hydrazine groups is 2. The lowest BCUT2D eigenvalue weighted by Crippen LogP contribution is -2.41. The number of hydrogen-bond acceptors (Lipinski definition) is 8. The van der Waals surface area contributed by atoms with Crippen LogP contribution in [0.4, 0.5) is 0 Å². The molecule has 2 N–H and O–H groups in total. The van der Waals surface area contributed by atoms with Crippen LogP contribution in [0.1, 0.15) is 62.7 Å². The quantitative estimate of drug-likeness (QED) is 0.247. The third kappa shape index (κ3) is 5.38. The van der Waals surface area contributed by atoms with Crippen molar-refractivity contribution in [2.24, 2.45) is 5.10 Å². The molecule has 2 unspecified atom stereocenters. The maximum atomic E-state index is 13.4. The second kappa shape index (κ2) is 11.2. The van der Waals surface area contributed by atoms with Crippen LogP contribution < -0.4 is 10.9 Å². The molecule has 1 aliphatic rings. The first-order valence-corrected chi connectivity index (χ1v) is 14.0. The van der Waals surface area contributed by atoms with Gasteiger partial charge in [-0.1, -0.05) is 65.3 Å². The van der Waals surface area contributed by atoms with E-state index in [1.165, 1.54) is 5.56 Å². The number of rotatable bonds is 8. The number of nitrogens with one attached hydrogen (secondary N) is 2. The van der Waals surface area contributed by atoms with Crippen molar-refractivity contribution in [3.63, 3.8) is 0 Å². The Morgan fingerprint density at radius 3 is 2.50 bits per heavy atom. The minimum Gasteiger partial charge on any atom is -0.458 e. The minimum atomic E-state index is -0.353. The molecular weight excluding hydrogens is 528 g/mol. The predicted molar refractivity (Wildman–Crippen MR) is 161 cm³/mol. The van der Waals surface area contributed by atoms with Gasteiger partial charge in [0.15, 0.2) is 0 Å². The summed E-state index contributed by atoms with van der Waals surface area (Å²) in [7, 11) is 1.82. The van der Waals surface area contributed by atoms with Crippen LogP contribution in [-0.4, -0.2) is 34.6 Å². The summed E-state index contributed by atoms with van der Waals surface area (Å²) in [5, 5.41) is 16.1. The number of carbonyl (C=O) groups excluding carboxylic acids is 1. The van der Waals surface area contributed by atoms with Gasteiger partial charge in [-0.3, -0.25) is 9.80 Å². The summed E-state index contributed by atoms with van der Waals surface area (Å²) >= 11 is 0. The molecular formula is C33H34N6O3.